The number of allylic oxidation sites excluding steroid dienone is 8. The molecule has 8 heteroatoms. The Balaban J connectivity index is 4.24. The number of carbonyl (C=O) groups excluding carboxylic acids is 2. The van der Waals surface area contributed by atoms with Gasteiger partial charge < -0.3 is 23.8 Å². The number of quaternary nitrogens is 1. The van der Waals surface area contributed by atoms with Crippen LogP contribution in [-0.2, 0) is 28.6 Å². The summed E-state index contributed by atoms with van der Waals surface area (Å²) in [5, 5.41) is 9.66. The number of ether oxygens (including phenoxy) is 3. The fourth-order valence-corrected chi connectivity index (χ4v) is 7.80. The molecule has 0 aliphatic carbocycles. The number of likely N-dealkylation sites (N-methyl/N-ethyl adjacent to an activating group) is 1. The third-order valence-electron chi connectivity index (χ3n) is 12.0. The van der Waals surface area contributed by atoms with Crippen LogP contribution in [0, 0.1) is 0 Å². The van der Waals surface area contributed by atoms with Crippen LogP contribution in [0.3, 0.4) is 0 Å². The molecule has 0 aliphatic heterocycles. The molecular weight excluding hydrogens is 799 g/mol. The maximum atomic E-state index is 12.8. The Hall–Kier alpha value is -2.71. The number of carboxylic acids is 1. The van der Waals surface area contributed by atoms with E-state index in [1.165, 1.54) is 141 Å². The number of aliphatic carboxylic acids is 1. The first-order valence-electron chi connectivity index (χ1n) is 26.7. The summed E-state index contributed by atoms with van der Waals surface area (Å²) >= 11 is 0. The van der Waals surface area contributed by atoms with E-state index in [9.17, 15) is 19.5 Å². The van der Waals surface area contributed by atoms with E-state index >= 15 is 0 Å². The molecule has 8 nitrogen and oxygen atoms in total. The predicted octanol–water partition coefficient (Wildman–Crippen LogP) is 15.5. The van der Waals surface area contributed by atoms with Gasteiger partial charge in [0.1, 0.15) is 6.61 Å². The van der Waals surface area contributed by atoms with Gasteiger partial charge in [-0.2, -0.15) is 0 Å². The first-order chi connectivity index (χ1) is 31.1. The van der Waals surface area contributed by atoms with Crippen LogP contribution in [0.4, 0.5) is 0 Å². The zero-order chi connectivity index (χ0) is 47.0. The summed E-state index contributed by atoms with van der Waals surface area (Å²) in [7, 11) is 5.53. The van der Waals surface area contributed by atoms with Gasteiger partial charge in [-0.05, 0) is 77.0 Å². The van der Waals surface area contributed by atoms with E-state index in [-0.39, 0.29) is 36.2 Å². The zero-order valence-electron chi connectivity index (χ0n) is 42.5. The summed E-state index contributed by atoms with van der Waals surface area (Å²) < 4.78 is 17.4. The van der Waals surface area contributed by atoms with E-state index in [1.54, 1.807) is 0 Å². The van der Waals surface area contributed by atoms with Crippen molar-refractivity contribution in [1.29, 1.82) is 0 Å². The lowest BCUT2D eigenvalue weighted by Gasteiger charge is -2.31. The largest absolute Gasteiger partial charge is 0.477 e. The Kier molecular flexibility index (Phi) is 44.8. The molecule has 0 heterocycles. The highest BCUT2D eigenvalue weighted by atomic mass is 16.6. The molecule has 2 unspecified atom stereocenters. The SMILES string of the molecule is CCCCC/C=C/C/C=C/CCCCCCCCCC(=O)OCC(COCCC(C(=O)O)[N+](C)(C)C)OC(=O)CCCCCCCCC/C=C/C/C=C/CCCCCCCCCCC. The van der Waals surface area contributed by atoms with E-state index in [0.717, 1.165) is 64.2 Å². The summed E-state index contributed by atoms with van der Waals surface area (Å²) in [6, 6.07) is -0.619. The first kappa shape index (κ1) is 61.3. The summed E-state index contributed by atoms with van der Waals surface area (Å²) in [6.45, 7) is 4.72. The second kappa shape index (κ2) is 46.8. The van der Waals surface area contributed by atoms with Crippen LogP contribution in [0.2, 0.25) is 0 Å². The molecule has 0 aromatic rings. The second-order valence-electron chi connectivity index (χ2n) is 19.1. The molecule has 2 atom stereocenters. The first-order valence-corrected chi connectivity index (χ1v) is 26.7. The van der Waals surface area contributed by atoms with Crippen molar-refractivity contribution in [3.63, 3.8) is 0 Å². The molecule has 0 aromatic heterocycles. The van der Waals surface area contributed by atoms with Crippen LogP contribution < -0.4 is 0 Å². The minimum Gasteiger partial charge on any atom is -0.477 e. The molecule has 0 radical (unpaired) electrons. The molecule has 0 saturated heterocycles. The molecule has 64 heavy (non-hydrogen) atoms. The number of hydrogen-bond donors (Lipinski definition) is 1. The summed E-state index contributed by atoms with van der Waals surface area (Å²) in [4.78, 5) is 37.2. The van der Waals surface area contributed by atoms with Crippen molar-refractivity contribution in [3.8, 4) is 0 Å². The molecular formula is C56H102NO7+. The monoisotopic (exact) mass is 901 g/mol. The zero-order valence-corrected chi connectivity index (χ0v) is 42.5. The van der Waals surface area contributed by atoms with Crippen molar-refractivity contribution in [1.82, 2.24) is 0 Å². The van der Waals surface area contributed by atoms with Gasteiger partial charge in [-0.25, -0.2) is 4.79 Å². The molecule has 0 aromatic carbocycles. The number of esters is 2. The number of carboxylic acid groups (broad SMARTS) is 1. The van der Waals surface area contributed by atoms with Crippen molar-refractivity contribution in [3.05, 3.63) is 48.6 Å². The van der Waals surface area contributed by atoms with Crippen LogP contribution in [0.25, 0.3) is 0 Å². The van der Waals surface area contributed by atoms with Crippen molar-refractivity contribution < 1.29 is 38.2 Å². The van der Waals surface area contributed by atoms with Crippen LogP contribution in [0.15, 0.2) is 48.6 Å². The van der Waals surface area contributed by atoms with E-state index in [0.29, 0.717) is 19.3 Å². The van der Waals surface area contributed by atoms with Crippen LogP contribution >= 0.6 is 0 Å². The summed E-state index contributed by atoms with van der Waals surface area (Å²) in [6.07, 6.45) is 57.3. The highest BCUT2D eigenvalue weighted by molar-refractivity contribution is 5.72. The molecule has 0 spiro atoms. The minimum absolute atomic E-state index is 0.0553. The van der Waals surface area contributed by atoms with Gasteiger partial charge in [0.2, 0.25) is 0 Å². The van der Waals surface area contributed by atoms with Gasteiger partial charge in [0, 0.05) is 19.3 Å². The van der Waals surface area contributed by atoms with Gasteiger partial charge in [-0.15, -0.1) is 0 Å². The Morgan fingerprint density at radius 2 is 0.828 bits per heavy atom. The number of carbonyl (C=O) groups is 3. The maximum absolute atomic E-state index is 12.8. The van der Waals surface area contributed by atoms with Gasteiger partial charge >= 0.3 is 17.9 Å². The normalized spacial score (nSPS) is 13.2. The quantitative estimate of drug-likeness (QED) is 0.0281. The van der Waals surface area contributed by atoms with Crippen LogP contribution in [-0.4, -0.2) is 80.6 Å². The van der Waals surface area contributed by atoms with Crippen molar-refractivity contribution in [2.75, 3.05) is 41.0 Å². The molecule has 0 fully saturated rings. The molecule has 1 N–H and O–H groups in total. The lowest BCUT2D eigenvalue weighted by atomic mass is 10.1. The predicted molar refractivity (Wildman–Crippen MR) is 271 cm³/mol. The smallest absolute Gasteiger partial charge is 0.362 e. The number of nitrogens with zero attached hydrogens (tertiary/aromatic N) is 1. The van der Waals surface area contributed by atoms with E-state index in [4.69, 9.17) is 14.2 Å². The third kappa shape index (κ3) is 44.5. The standard InChI is InChI=1S/C56H101NO7/c1-6-8-10-12-14-16-18-20-22-24-25-26-27-28-29-31-33-35-37-39-41-43-45-47-55(59)64-52(50-62-49-48-53(56(60)61)57(3,4)5)51-63-54(58)46-44-42-40-38-36-34-32-30-23-21-19-17-15-13-11-9-7-2/h15,17,21,23,25-26,28-29,52-53H,6-14,16,18-20,22,24,27,30-51H2,1-5H3/p+1/b17-15+,23-21+,26-25+,29-28+. The summed E-state index contributed by atoms with van der Waals surface area (Å²) in [5.74, 6) is -1.48. The van der Waals surface area contributed by atoms with Crippen LogP contribution in [0.5, 0.6) is 0 Å². The fraction of sp³-hybridized carbons (Fsp3) is 0.804. The van der Waals surface area contributed by atoms with E-state index < -0.39 is 18.1 Å². The van der Waals surface area contributed by atoms with Gasteiger partial charge in [-0.3, -0.25) is 9.59 Å². The highest BCUT2D eigenvalue weighted by Gasteiger charge is 2.31. The molecule has 372 valence electrons. The topological polar surface area (TPSA) is 99.1 Å². The fourth-order valence-electron chi connectivity index (χ4n) is 7.80. The minimum atomic E-state index is -0.877. The number of rotatable bonds is 48. The van der Waals surface area contributed by atoms with E-state index in [1.807, 2.05) is 21.1 Å². The highest BCUT2D eigenvalue weighted by Crippen LogP contribution is 2.15. The average Bonchev–Trinajstić information content (AvgIpc) is 3.26. The number of unbranched alkanes of at least 4 members (excludes halogenated alkanes) is 26. The Bertz CT molecular complexity index is 1190. The van der Waals surface area contributed by atoms with Gasteiger partial charge in [0.15, 0.2) is 12.1 Å². The molecule has 0 bridgehead atoms. The average molecular weight is 901 g/mol. The molecule has 0 amide bonds. The third-order valence-corrected chi connectivity index (χ3v) is 12.0. The lowest BCUT2D eigenvalue weighted by molar-refractivity contribution is -0.887. The second-order valence-corrected chi connectivity index (χ2v) is 19.1. The lowest BCUT2D eigenvalue weighted by Crippen LogP contribution is -2.50. The Morgan fingerprint density at radius 1 is 0.469 bits per heavy atom. The van der Waals surface area contributed by atoms with Gasteiger partial charge in [0.25, 0.3) is 0 Å². The number of hydrogen-bond acceptors (Lipinski definition) is 6. The van der Waals surface area contributed by atoms with Crippen LogP contribution in [0.1, 0.15) is 239 Å². The van der Waals surface area contributed by atoms with Crippen molar-refractivity contribution in [2.24, 2.45) is 0 Å². The van der Waals surface area contributed by atoms with Gasteiger partial charge in [-0.1, -0.05) is 191 Å². The summed E-state index contributed by atoms with van der Waals surface area (Å²) in [5.41, 5.74) is 0. The van der Waals surface area contributed by atoms with Crippen molar-refractivity contribution in [2.45, 2.75) is 251 Å². The van der Waals surface area contributed by atoms with Crippen molar-refractivity contribution >= 4 is 17.9 Å². The Morgan fingerprint density at radius 3 is 1.23 bits per heavy atom. The molecule has 0 rings (SSSR count). The molecule has 0 saturated carbocycles. The van der Waals surface area contributed by atoms with Gasteiger partial charge in [0.05, 0.1) is 34.4 Å². The maximum Gasteiger partial charge on any atom is 0.362 e. The molecule has 0 aliphatic rings. The van der Waals surface area contributed by atoms with E-state index in [2.05, 4.69) is 62.5 Å². The Labute approximate surface area is 395 Å².